The molecule has 2 aliphatic rings. The van der Waals surface area contributed by atoms with Crippen molar-refractivity contribution < 1.29 is 19.8 Å². The number of nitrogens with zero attached hydrogens (tertiary/aromatic N) is 1. The lowest BCUT2D eigenvalue weighted by atomic mass is 9.85. The zero-order valence-electron chi connectivity index (χ0n) is 10.1. The van der Waals surface area contributed by atoms with Gasteiger partial charge >= 0.3 is 12.1 Å². The average Bonchev–Trinajstić information content (AvgIpc) is 2.84. The normalized spacial score (nSPS) is 34.2. The maximum Gasteiger partial charge on any atom is 0.408 e. The molecule has 1 saturated heterocycles. The summed E-state index contributed by atoms with van der Waals surface area (Å²) in [6.45, 7) is 1.90. The van der Waals surface area contributed by atoms with Crippen LogP contribution in [0, 0.1) is 11.8 Å². The highest BCUT2D eigenvalue weighted by Gasteiger charge is 2.52. The topological polar surface area (TPSA) is 77.8 Å². The van der Waals surface area contributed by atoms with Crippen molar-refractivity contribution in [3.63, 3.8) is 0 Å². The fourth-order valence-corrected chi connectivity index (χ4v) is 3.36. The summed E-state index contributed by atoms with van der Waals surface area (Å²) < 4.78 is 0. The summed E-state index contributed by atoms with van der Waals surface area (Å²) in [4.78, 5) is 23.5. The Morgan fingerprint density at radius 1 is 1.18 bits per heavy atom. The molecule has 1 unspecified atom stereocenters. The lowest BCUT2D eigenvalue weighted by Crippen LogP contribution is -2.50. The first-order valence-corrected chi connectivity index (χ1v) is 6.19. The van der Waals surface area contributed by atoms with Crippen molar-refractivity contribution in [2.45, 2.75) is 44.6 Å². The van der Waals surface area contributed by atoms with Gasteiger partial charge in [0.15, 0.2) is 0 Å². The van der Waals surface area contributed by atoms with Crippen LogP contribution in [0.3, 0.4) is 0 Å². The van der Waals surface area contributed by atoms with Gasteiger partial charge in [0.25, 0.3) is 0 Å². The zero-order valence-corrected chi connectivity index (χ0v) is 10.1. The minimum absolute atomic E-state index is 0.217. The van der Waals surface area contributed by atoms with E-state index in [0.29, 0.717) is 18.9 Å². The molecule has 2 fully saturated rings. The molecular weight excluding hydrogens is 222 g/mol. The number of hydrogen-bond donors (Lipinski definition) is 2. The van der Waals surface area contributed by atoms with Crippen molar-refractivity contribution in [3.8, 4) is 0 Å². The van der Waals surface area contributed by atoms with E-state index in [1.54, 1.807) is 0 Å². The third-order valence-electron chi connectivity index (χ3n) is 4.43. The van der Waals surface area contributed by atoms with Crippen LogP contribution in [-0.4, -0.2) is 39.3 Å². The van der Waals surface area contributed by atoms with Gasteiger partial charge in [0.1, 0.15) is 5.54 Å². The quantitative estimate of drug-likeness (QED) is 0.775. The SMILES string of the molecule is C[C@@]1(C(=O)O)CC(C2CCCC2)CN1C(=O)O. The van der Waals surface area contributed by atoms with Crippen LogP contribution < -0.4 is 0 Å². The van der Waals surface area contributed by atoms with Gasteiger partial charge in [0.2, 0.25) is 0 Å². The molecule has 5 nitrogen and oxygen atoms in total. The molecule has 1 aliphatic heterocycles. The van der Waals surface area contributed by atoms with Gasteiger partial charge in [-0.25, -0.2) is 9.59 Å². The van der Waals surface area contributed by atoms with E-state index in [0.717, 1.165) is 17.7 Å². The average molecular weight is 241 g/mol. The predicted molar refractivity (Wildman–Crippen MR) is 60.8 cm³/mol. The molecule has 2 atom stereocenters. The van der Waals surface area contributed by atoms with Gasteiger partial charge in [0, 0.05) is 6.54 Å². The number of rotatable bonds is 2. The number of aliphatic carboxylic acids is 1. The Hall–Kier alpha value is -1.26. The van der Waals surface area contributed by atoms with Crippen molar-refractivity contribution in [1.82, 2.24) is 4.90 Å². The van der Waals surface area contributed by atoms with Crippen LogP contribution in [0.15, 0.2) is 0 Å². The second kappa shape index (κ2) is 4.20. The molecule has 0 bridgehead atoms. The Labute approximate surface area is 100 Å². The van der Waals surface area contributed by atoms with Crippen LogP contribution in [0.1, 0.15) is 39.0 Å². The third-order valence-corrected chi connectivity index (χ3v) is 4.43. The van der Waals surface area contributed by atoms with Gasteiger partial charge in [-0.15, -0.1) is 0 Å². The smallest absolute Gasteiger partial charge is 0.408 e. The first-order chi connectivity index (χ1) is 7.95. The fraction of sp³-hybridized carbons (Fsp3) is 0.833. The van der Waals surface area contributed by atoms with Crippen LogP contribution in [0.25, 0.3) is 0 Å². The Balaban J connectivity index is 2.16. The molecule has 1 amide bonds. The summed E-state index contributed by atoms with van der Waals surface area (Å²) in [5, 5.41) is 18.4. The van der Waals surface area contributed by atoms with Crippen molar-refractivity contribution in [1.29, 1.82) is 0 Å². The Morgan fingerprint density at radius 3 is 2.18 bits per heavy atom. The number of carboxylic acids is 1. The minimum atomic E-state index is -1.24. The lowest BCUT2D eigenvalue weighted by Gasteiger charge is -2.28. The lowest BCUT2D eigenvalue weighted by molar-refractivity contribution is -0.147. The molecule has 0 spiro atoms. The maximum absolute atomic E-state index is 11.3. The van der Waals surface area contributed by atoms with E-state index in [9.17, 15) is 14.7 Å². The highest BCUT2D eigenvalue weighted by atomic mass is 16.4. The highest BCUT2D eigenvalue weighted by molar-refractivity contribution is 5.84. The number of carboxylic acid groups (broad SMARTS) is 2. The molecule has 5 heteroatoms. The molecule has 2 rings (SSSR count). The number of likely N-dealkylation sites (tertiary alicyclic amines) is 1. The summed E-state index contributed by atoms with van der Waals surface area (Å²) in [7, 11) is 0. The number of carbonyl (C=O) groups is 2. The van der Waals surface area contributed by atoms with Crippen LogP contribution in [-0.2, 0) is 4.79 Å². The summed E-state index contributed by atoms with van der Waals surface area (Å²) in [5.41, 5.74) is -1.24. The molecule has 0 radical (unpaired) electrons. The van der Waals surface area contributed by atoms with Gasteiger partial charge in [-0.2, -0.15) is 0 Å². The molecule has 96 valence electrons. The van der Waals surface area contributed by atoms with Crippen LogP contribution in [0.5, 0.6) is 0 Å². The third kappa shape index (κ3) is 1.98. The molecule has 1 aliphatic carbocycles. The van der Waals surface area contributed by atoms with Crippen molar-refractivity contribution in [2.75, 3.05) is 6.54 Å². The van der Waals surface area contributed by atoms with Gasteiger partial charge in [0.05, 0.1) is 0 Å². The molecule has 1 saturated carbocycles. The van der Waals surface area contributed by atoms with Crippen molar-refractivity contribution in [2.24, 2.45) is 11.8 Å². The summed E-state index contributed by atoms with van der Waals surface area (Å²) >= 11 is 0. The largest absolute Gasteiger partial charge is 0.480 e. The van der Waals surface area contributed by atoms with Crippen LogP contribution >= 0.6 is 0 Å². The highest BCUT2D eigenvalue weighted by Crippen LogP contribution is 2.42. The van der Waals surface area contributed by atoms with E-state index >= 15 is 0 Å². The predicted octanol–water partition coefficient (Wildman–Crippen LogP) is 2.02. The number of hydrogen-bond acceptors (Lipinski definition) is 2. The monoisotopic (exact) mass is 241 g/mol. The van der Waals surface area contributed by atoms with Crippen molar-refractivity contribution in [3.05, 3.63) is 0 Å². The Bertz CT molecular complexity index is 337. The Morgan fingerprint density at radius 2 is 1.76 bits per heavy atom. The molecule has 0 aromatic heterocycles. The van der Waals surface area contributed by atoms with E-state index in [4.69, 9.17) is 5.11 Å². The second-order valence-electron chi connectivity index (χ2n) is 5.48. The van der Waals surface area contributed by atoms with Gasteiger partial charge in [-0.3, -0.25) is 4.90 Å². The maximum atomic E-state index is 11.3. The standard InChI is InChI=1S/C12H19NO4/c1-12(10(14)15)6-9(7-13(12)11(16)17)8-4-2-3-5-8/h8-9H,2-7H2,1H3,(H,14,15)(H,16,17)/t9?,12-/m0/s1. The summed E-state index contributed by atoms with van der Waals surface area (Å²) in [6, 6.07) is 0. The van der Waals surface area contributed by atoms with E-state index in [1.165, 1.54) is 19.8 Å². The fourth-order valence-electron chi connectivity index (χ4n) is 3.36. The zero-order chi connectivity index (χ0) is 12.6. The summed E-state index contributed by atoms with van der Waals surface area (Å²) in [5.74, 6) is -0.298. The van der Waals surface area contributed by atoms with E-state index < -0.39 is 17.6 Å². The van der Waals surface area contributed by atoms with E-state index in [2.05, 4.69) is 0 Å². The first kappa shape index (κ1) is 12.2. The van der Waals surface area contributed by atoms with Crippen LogP contribution in [0.4, 0.5) is 4.79 Å². The number of amides is 1. The van der Waals surface area contributed by atoms with Crippen LogP contribution in [0.2, 0.25) is 0 Å². The van der Waals surface area contributed by atoms with Crippen molar-refractivity contribution >= 4 is 12.1 Å². The van der Waals surface area contributed by atoms with E-state index in [1.807, 2.05) is 0 Å². The molecule has 0 aromatic rings. The minimum Gasteiger partial charge on any atom is -0.480 e. The summed E-state index contributed by atoms with van der Waals surface area (Å²) in [6.07, 6.45) is 3.96. The van der Waals surface area contributed by atoms with E-state index in [-0.39, 0.29) is 5.92 Å². The molecule has 0 aromatic carbocycles. The second-order valence-corrected chi connectivity index (χ2v) is 5.48. The Kier molecular flexibility index (Phi) is 3.02. The van der Waals surface area contributed by atoms with Gasteiger partial charge < -0.3 is 10.2 Å². The molecule has 1 heterocycles. The molecule has 17 heavy (non-hydrogen) atoms. The first-order valence-electron chi connectivity index (χ1n) is 6.19. The molecule has 2 N–H and O–H groups in total. The van der Waals surface area contributed by atoms with Gasteiger partial charge in [-0.05, 0) is 25.2 Å². The molecular formula is C12H19NO4. The van der Waals surface area contributed by atoms with Gasteiger partial charge in [-0.1, -0.05) is 25.7 Å².